The Morgan fingerprint density at radius 1 is 1.12 bits per heavy atom. The number of hydrogen-bond donors (Lipinski definition) is 1. The minimum absolute atomic E-state index is 0.328. The fourth-order valence-corrected chi connectivity index (χ4v) is 1.77. The average Bonchev–Trinajstić information content (AvgIpc) is 2.23. The van der Waals surface area contributed by atoms with E-state index >= 15 is 0 Å². The SMILES string of the molecule is Cc1cc(C)c(Oc2cccc(F)c2)c(N)c1. The highest BCUT2D eigenvalue weighted by Crippen LogP contribution is 2.32. The summed E-state index contributed by atoms with van der Waals surface area (Å²) in [6.07, 6.45) is 0. The molecule has 0 aliphatic heterocycles. The number of hydrogen-bond acceptors (Lipinski definition) is 2. The first-order valence-electron chi connectivity index (χ1n) is 5.36. The summed E-state index contributed by atoms with van der Waals surface area (Å²) in [5.74, 6) is 0.704. The Morgan fingerprint density at radius 3 is 2.53 bits per heavy atom. The lowest BCUT2D eigenvalue weighted by Crippen LogP contribution is -1.96. The number of aryl methyl sites for hydroxylation is 2. The van der Waals surface area contributed by atoms with Crippen LogP contribution in [-0.2, 0) is 0 Å². The van der Waals surface area contributed by atoms with E-state index in [4.69, 9.17) is 10.5 Å². The van der Waals surface area contributed by atoms with Crippen LogP contribution in [0.3, 0.4) is 0 Å². The molecule has 0 fully saturated rings. The molecule has 2 aromatic rings. The molecule has 88 valence electrons. The van der Waals surface area contributed by atoms with Crippen LogP contribution in [0.1, 0.15) is 11.1 Å². The maximum Gasteiger partial charge on any atom is 0.153 e. The lowest BCUT2D eigenvalue weighted by molar-refractivity contribution is 0.475. The predicted octanol–water partition coefficient (Wildman–Crippen LogP) is 3.82. The average molecular weight is 231 g/mol. The summed E-state index contributed by atoms with van der Waals surface area (Å²) in [5.41, 5.74) is 8.46. The summed E-state index contributed by atoms with van der Waals surface area (Å²) in [6, 6.07) is 9.82. The van der Waals surface area contributed by atoms with E-state index in [0.717, 1.165) is 11.1 Å². The lowest BCUT2D eigenvalue weighted by atomic mass is 10.1. The molecule has 0 aliphatic carbocycles. The molecule has 0 aromatic heterocycles. The van der Waals surface area contributed by atoms with Gasteiger partial charge in [0.1, 0.15) is 11.6 Å². The van der Waals surface area contributed by atoms with Crippen LogP contribution < -0.4 is 10.5 Å². The van der Waals surface area contributed by atoms with Crippen molar-refractivity contribution in [1.82, 2.24) is 0 Å². The molecule has 17 heavy (non-hydrogen) atoms. The van der Waals surface area contributed by atoms with Crippen LogP contribution in [-0.4, -0.2) is 0 Å². The van der Waals surface area contributed by atoms with Gasteiger partial charge in [-0.15, -0.1) is 0 Å². The zero-order valence-electron chi connectivity index (χ0n) is 9.83. The van der Waals surface area contributed by atoms with Crippen LogP contribution in [0.5, 0.6) is 11.5 Å². The topological polar surface area (TPSA) is 35.2 Å². The molecule has 0 aliphatic rings. The first kappa shape index (κ1) is 11.5. The molecule has 0 bridgehead atoms. The van der Waals surface area contributed by atoms with E-state index < -0.39 is 0 Å². The highest BCUT2D eigenvalue weighted by molar-refractivity contribution is 5.59. The van der Waals surface area contributed by atoms with E-state index in [1.165, 1.54) is 12.1 Å². The van der Waals surface area contributed by atoms with Gasteiger partial charge in [0.25, 0.3) is 0 Å². The number of rotatable bonds is 2. The van der Waals surface area contributed by atoms with Crippen molar-refractivity contribution < 1.29 is 9.13 Å². The molecule has 0 spiro atoms. The van der Waals surface area contributed by atoms with Crippen LogP contribution in [0.15, 0.2) is 36.4 Å². The Hall–Kier alpha value is -2.03. The van der Waals surface area contributed by atoms with E-state index in [1.807, 2.05) is 26.0 Å². The van der Waals surface area contributed by atoms with Crippen molar-refractivity contribution >= 4 is 5.69 Å². The van der Waals surface area contributed by atoms with Crippen LogP contribution in [0, 0.1) is 19.7 Å². The largest absolute Gasteiger partial charge is 0.455 e. The number of halogens is 1. The van der Waals surface area contributed by atoms with Crippen molar-refractivity contribution in [3.8, 4) is 11.5 Å². The maximum atomic E-state index is 13.0. The molecule has 0 atom stereocenters. The number of ether oxygens (including phenoxy) is 1. The summed E-state index contributed by atoms with van der Waals surface area (Å²) in [7, 11) is 0. The van der Waals surface area contributed by atoms with Gasteiger partial charge in [-0.2, -0.15) is 0 Å². The van der Waals surface area contributed by atoms with Crippen molar-refractivity contribution in [2.45, 2.75) is 13.8 Å². The highest BCUT2D eigenvalue weighted by Gasteiger charge is 2.07. The Kier molecular flexibility index (Phi) is 3.00. The standard InChI is InChI=1S/C14H14FNO/c1-9-6-10(2)14(13(16)7-9)17-12-5-3-4-11(15)8-12/h3-8H,16H2,1-2H3. The van der Waals surface area contributed by atoms with Crippen molar-refractivity contribution in [1.29, 1.82) is 0 Å². The van der Waals surface area contributed by atoms with Crippen LogP contribution >= 0.6 is 0 Å². The summed E-state index contributed by atoms with van der Waals surface area (Å²) in [4.78, 5) is 0. The highest BCUT2D eigenvalue weighted by atomic mass is 19.1. The van der Waals surface area contributed by atoms with Gasteiger partial charge in [0, 0.05) is 6.07 Å². The lowest BCUT2D eigenvalue weighted by Gasteiger charge is -2.12. The minimum atomic E-state index is -0.328. The van der Waals surface area contributed by atoms with Crippen molar-refractivity contribution in [2.24, 2.45) is 0 Å². The van der Waals surface area contributed by atoms with Gasteiger partial charge in [-0.05, 0) is 43.2 Å². The van der Waals surface area contributed by atoms with Gasteiger partial charge in [-0.25, -0.2) is 4.39 Å². The molecule has 0 saturated carbocycles. The molecule has 0 radical (unpaired) electrons. The van der Waals surface area contributed by atoms with E-state index in [0.29, 0.717) is 17.2 Å². The molecule has 2 nitrogen and oxygen atoms in total. The van der Waals surface area contributed by atoms with Crippen molar-refractivity contribution in [3.63, 3.8) is 0 Å². The van der Waals surface area contributed by atoms with E-state index in [-0.39, 0.29) is 5.82 Å². The summed E-state index contributed by atoms with van der Waals surface area (Å²) in [6.45, 7) is 3.88. The Morgan fingerprint density at radius 2 is 1.88 bits per heavy atom. The number of nitrogen functional groups attached to an aromatic ring is 1. The van der Waals surface area contributed by atoms with Crippen LogP contribution in [0.4, 0.5) is 10.1 Å². The second kappa shape index (κ2) is 4.45. The van der Waals surface area contributed by atoms with Gasteiger partial charge in [-0.1, -0.05) is 12.1 Å². The molecule has 0 heterocycles. The fourth-order valence-electron chi connectivity index (χ4n) is 1.77. The molecule has 2 rings (SSSR count). The third-order valence-corrected chi connectivity index (χ3v) is 2.46. The predicted molar refractivity (Wildman–Crippen MR) is 66.8 cm³/mol. The van der Waals surface area contributed by atoms with Gasteiger partial charge < -0.3 is 10.5 Å². The zero-order chi connectivity index (χ0) is 12.4. The van der Waals surface area contributed by atoms with E-state index in [2.05, 4.69) is 0 Å². The quantitative estimate of drug-likeness (QED) is 0.797. The zero-order valence-corrected chi connectivity index (χ0v) is 9.83. The van der Waals surface area contributed by atoms with Gasteiger partial charge in [0.15, 0.2) is 5.75 Å². The monoisotopic (exact) mass is 231 g/mol. The van der Waals surface area contributed by atoms with Crippen LogP contribution in [0.25, 0.3) is 0 Å². The summed E-state index contributed by atoms with van der Waals surface area (Å²) < 4.78 is 18.6. The van der Waals surface area contributed by atoms with Gasteiger partial charge in [0.2, 0.25) is 0 Å². The van der Waals surface area contributed by atoms with E-state index in [1.54, 1.807) is 12.1 Å². The Labute approximate surface area is 99.8 Å². The molecule has 3 heteroatoms. The maximum absolute atomic E-state index is 13.0. The third kappa shape index (κ3) is 2.56. The van der Waals surface area contributed by atoms with Crippen molar-refractivity contribution in [2.75, 3.05) is 5.73 Å². The van der Waals surface area contributed by atoms with Gasteiger partial charge in [0.05, 0.1) is 5.69 Å². The minimum Gasteiger partial charge on any atom is -0.455 e. The third-order valence-electron chi connectivity index (χ3n) is 2.46. The Bertz CT molecular complexity index is 529. The number of anilines is 1. The molecule has 2 aromatic carbocycles. The molecule has 0 unspecified atom stereocenters. The van der Waals surface area contributed by atoms with Gasteiger partial charge in [-0.3, -0.25) is 0 Å². The Balaban J connectivity index is 2.36. The molecule has 0 saturated heterocycles. The first-order chi connectivity index (χ1) is 8.06. The summed E-state index contributed by atoms with van der Waals surface area (Å²) >= 11 is 0. The molecule has 0 amide bonds. The fraction of sp³-hybridized carbons (Fsp3) is 0.143. The van der Waals surface area contributed by atoms with Crippen LogP contribution in [0.2, 0.25) is 0 Å². The summed E-state index contributed by atoms with van der Waals surface area (Å²) in [5, 5.41) is 0. The normalized spacial score (nSPS) is 10.3. The smallest absolute Gasteiger partial charge is 0.153 e. The second-order valence-electron chi connectivity index (χ2n) is 4.06. The second-order valence-corrected chi connectivity index (χ2v) is 4.06. The van der Waals surface area contributed by atoms with E-state index in [9.17, 15) is 4.39 Å². The first-order valence-corrected chi connectivity index (χ1v) is 5.36. The number of nitrogens with two attached hydrogens (primary N) is 1. The number of benzene rings is 2. The molecular formula is C14H14FNO. The van der Waals surface area contributed by atoms with Gasteiger partial charge >= 0.3 is 0 Å². The molecule has 2 N–H and O–H groups in total. The van der Waals surface area contributed by atoms with Crippen molar-refractivity contribution in [3.05, 3.63) is 53.3 Å². The molecular weight excluding hydrogens is 217 g/mol.